The molecular weight excluding hydrogens is 370 g/mol. The molecule has 0 atom stereocenters. The Morgan fingerprint density at radius 1 is 0.966 bits per heavy atom. The van der Waals surface area contributed by atoms with Crippen LogP contribution in [0.4, 0.5) is 4.79 Å². The van der Waals surface area contributed by atoms with Crippen molar-refractivity contribution in [3.63, 3.8) is 0 Å². The number of hydrogen-bond acceptors (Lipinski definition) is 5. The monoisotopic (exact) mass is 399 g/mol. The Kier molecular flexibility index (Phi) is 5.64. The third-order valence-electron chi connectivity index (χ3n) is 4.77. The number of piperazine rings is 1. The van der Waals surface area contributed by atoms with Crippen LogP contribution in [0.1, 0.15) is 48.1 Å². The van der Waals surface area contributed by atoms with Gasteiger partial charge in [0.25, 0.3) is 5.91 Å². The van der Waals surface area contributed by atoms with Gasteiger partial charge in [-0.3, -0.25) is 4.79 Å². The number of benzene rings is 1. The summed E-state index contributed by atoms with van der Waals surface area (Å²) in [6, 6.07) is 6.02. The van der Waals surface area contributed by atoms with Crippen LogP contribution in [0.15, 0.2) is 18.2 Å². The third-order valence-corrected chi connectivity index (χ3v) is 4.77. The summed E-state index contributed by atoms with van der Waals surface area (Å²) in [5.74, 6) is -0.164. The normalized spacial score (nSPS) is 14.8. The number of aromatic nitrogens is 3. The van der Waals surface area contributed by atoms with Crippen LogP contribution in [0.3, 0.4) is 0 Å². The lowest BCUT2D eigenvalue weighted by Gasteiger charge is -2.35. The van der Waals surface area contributed by atoms with Gasteiger partial charge in [-0.15, -0.1) is 5.10 Å². The van der Waals surface area contributed by atoms with Gasteiger partial charge in [0, 0.05) is 26.2 Å². The van der Waals surface area contributed by atoms with Gasteiger partial charge in [0.2, 0.25) is 0 Å². The summed E-state index contributed by atoms with van der Waals surface area (Å²) in [7, 11) is 0. The molecule has 156 valence electrons. The van der Waals surface area contributed by atoms with Crippen LogP contribution >= 0.6 is 0 Å². The fourth-order valence-corrected chi connectivity index (χ4v) is 3.28. The van der Waals surface area contributed by atoms with Crippen LogP contribution in [0.25, 0.3) is 5.69 Å². The van der Waals surface area contributed by atoms with E-state index in [0.717, 1.165) is 16.8 Å². The topological polar surface area (TPSA) is 80.6 Å². The first-order valence-electron chi connectivity index (χ1n) is 9.84. The molecule has 8 nitrogen and oxygen atoms in total. The molecule has 3 rings (SSSR count). The van der Waals surface area contributed by atoms with Gasteiger partial charge in [0.15, 0.2) is 5.69 Å². The minimum atomic E-state index is -0.534. The second kappa shape index (κ2) is 7.85. The van der Waals surface area contributed by atoms with Crippen molar-refractivity contribution in [1.82, 2.24) is 24.8 Å². The second-order valence-corrected chi connectivity index (χ2v) is 8.47. The smallest absolute Gasteiger partial charge is 0.410 e. The van der Waals surface area contributed by atoms with E-state index in [4.69, 9.17) is 4.74 Å². The Bertz CT molecular complexity index is 921. The van der Waals surface area contributed by atoms with Gasteiger partial charge < -0.3 is 14.5 Å². The van der Waals surface area contributed by atoms with Crippen molar-refractivity contribution in [3.8, 4) is 5.69 Å². The number of amides is 2. The fraction of sp³-hybridized carbons (Fsp3) is 0.524. The van der Waals surface area contributed by atoms with E-state index in [1.807, 2.05) is 46.8 Å². The Morgan fingerprint density at radius 2 is 1.59 bits per heavy atom. The van der Waals surface area contributed by atoms with Gasteiger partial charge in [0.05, 0.1) is 11.4 Å². The second-order valence-electron chi connectivity index (χ2n) is 8.47. The SMILES string of the molecule is Cc1ccc(-n2nc(C)c(C(=O)N3CCN(C(=O)OC(C)(C)C)CC3)n2)c(C)c1. The van der Waals surface area contributed by atoms with Crippen molar-refractivity contribution < 1.29 is 14.3 Å². The summed E-state index contributed by atoms with van der Waals surface area (Å²) < 4.78 is 5.41. The Morgan fingerprint density at radius 3 is 2.17 bits per heavy atom. The van der Waals surface area contributed by atoms with Gasteiger partial charge in [-0.1, -0.05) is 17.7 Å². The number of rotatable bonds is 2. The van der Waals surface area contributed by atoms with Crippen molar-refractivity contribution in [3.05, 3.63) is 40.7 Å². The number of carbonyl (C=O) groups excluding carboxylic acids is 2. The van der Waals surface area contributed by atoms with Gasteiger partial charge in [-0.2, -0.15) is 9.90 Å². The first-order chi connectivity index (χ1) is 13.5. The molecule has 1 aliphatic rings. The molecule has 1 aromatic carbocycles. The van der Waals surface area contributed by atoms with E-state index >= 15 is 0 Å². The Labute approximate surface area is 171 Å². The van der Waals surface area contributed by atoms with Crippen molar-refractivity contribution in [2.45, 2.75) is 47.1 Å². The van der Waals surface area contributed by atoms with Crippen molar-refractivity contribution >= 4 is 12.0 Å². The number of ether oxygens (including phenoxy) is 1. The number of carbonyl (C=O) groups is 2. The molecule has 29 heavy (non-hydrogen) atoms. The van der Waals surface area contributed by atoms with Crippen LogP contribution in [0.5, 0.6) is 0 Å². The average Bonchev–Trinajstić information content (AvgIpc) is 3.01. The average molecular weight is 399 g/mol. The lowest BCUT2D eigenvalue weighted by atomic mass is 10.1. The highest BCUT2D eigenvalue weighted by atomic mass is 16.6. The highest BCUT2D eigenvalue weighted by Crippen LogP contribution is 2.17. The minimum Gasteiger partial charge on any atom is -0.444 e. The summed E-state index contributed by atoms with van der Waals surface area (Å²) in [6.07, 6.45) is -0.346. The Hall–Kier alpha value is -2.90. The molecule has 2 heterocycles. The fourth-order valence-electron chi connectivity index (χ4n) is 3.28. The molecule has 1 saturated heterocycles. The number of hydrogen-bond donors (Lipinski definition) is 0. The molecule has 1 aliphatic heterocycles. The maximum atomic E-state index is 13.0. The molecule has 1 aromatic heterocycles. The molecule has 1 fully saturated rings. The Balaban J connectivity index is 1.69. The van der Waals surface area contributed by atoms with Gasteiger partial charge in [-0.05, 0) is 53.2 Å². The van der Waals surface area contributed by atoms with E-state index in [1.165, 1.54) is 4.80 Å². The van der Waals surface area contributed by atoms with Crippen molar-refractivity contribution in [2.75, 3.05) is 26.2 Å². The molecule has 0 N–H and O–H groups in total. The van der Waals surface area contributed by atoms with Gasteiger partial charge in [0.1, 0.15) is 5.60 Å². The van der Waals surface area contributed by atoms with Crippen LogP contribution in [-0.4, -0.2) is 68.6 Å². The molecule has 0 unspecified atom stereocenters. The van der Waals surface area contributed by atoms with E-state index < -0.39 is 5.60 Å². The molecule has 0 radical (unpaired) electrons. The number of nitrogens with zero attached hydrogens (tertiary/aromatic N) is 5. The lowest BCUT2D eigenvalue weighted by Crippen LogP contribution is -2.51. The third kappa shape index (κ3) is 4.75. The van der Waals surface area contributed by atoms with E-state index in [0.29, 0.717) is 37.6 Å². The molecule has 2 aromatic rings. The highest BCUT2D eigenvalue weighted by molar-refractivity contribution is 5.93. The summed E-state index contributed by atoms with van der Waals surface area (Å²) in [4.78, 5) is 30.1. The van der Waals surface area contributed by atoms with Crippen molar-refractivity contribution in [1.29, 1.82) is 0 Å². The molecule has 0 spiro atoms. The summed E-state index contributed by atoms with van der Waals surface area (Å²) in [6.45, 7) is 13.1. The zero-order valence-corrected chi connectivity index (χ0v) is 18.0. The largest absolute Gasteiger partial charge is 0.444 e. The summed E-state index contributed by atoms with van der Waals surface area (Å²) in [5.41, 5.74) is 3.46. The van der Waals surface area contributed by atoms with Gasteiger partial charge in [-0.25, -0.2) is 4.79 Å². The first-order valence-corrected chi connectivity index (χ1v) is 9.84. The first kappa shape index (κ1) is 20.8. The van der Waals surface area contributed by atoms with Crippen molar-refractivity contribution in [2.24, 2.45) is 0 Å². The summed E-state index contributed by atoms with van der Waals surface area (Å²) in [5, 5.41) is 8.90. The highest BCUT2D eigenvalue weighted by Gasteiger charge is 2.30. The van der Waals surface area contributed by atoms with Crippen LogP contribution < -0.4 is 0 Å². The van der Waals surface area contributed by atoms with Gasteiger partial charge >= 0.3 is 6.09 Å². The van der Waals surface area contributed by atoms with E-state index in [1.54, 1.807) is 16.7 Å². The molecule has 0 aliphatic carbocycles. The van der Waals surface area contributed by atoms with E-state index in [9.17, 15) is 9.59 Å². The van der Waals surface area contributed by atoms with Crippen LogP contribution in [-0.2, 0) is 4.74 Å². The number of aryl methyl sites for hydroxylation is 3. The molecule has 2 amide bonds. The van der Waals surface area contributed by atoms with E-state index in [2.05, 4.69) is 16.3 Å². The molecule has 8 heteroatoms. The maximum Gasteiger partial charge on any atom is 0.410 e. The maximum absolute atomic E-state index is 13.0. The molecular formula is C21H29N5O3. The zero-order chi connectivity index (χ0) is 21.3. The molecule has 0 bridgehead atoms. The standard InChI is InChI=1S/C21H29N5O3/c1-14-7-8-17(15(2)13-14)26-22-16(3)18(23-26)19(27)24-9-11-25(12-10-24)20(28)29-21(4,5)6/h7-8,13H,9-12H2,1-6H3. The zero-order valence-electron chi connectivity index (χ0n) is 18.0. The van der Waals surface area contributed by atoms with Crippen LogP contribution in [0, 0.1) is 20.8 Å². The van der Waals surface area contributed by atoms with Crippen LogP contribution in [0.2, 0.25) is 0 Å². The minimum absolute atomic E-state index is 0.164. The quantitative estimate of drug-likeness (QED) is 0.776. The van der Waals surface area contributed by atoms with E-state index in [-0.39, 0.29) is 12.0 Å². The predicted octanol–water partition coefficient (Wildman–Crippen LogP) is 2.89. The lowest BCUT2D eigenvalue weighted by molar-refractivity contribution is 0.0140. The molecule has 0 saturated carbocycles. The summed E-state index contributed by atoms with van der Waals surface area (Å²) >= 11 is 0. The predicted molar refractivity (Wildman–Crippen MR) is 109 cm³/mol.